The number of methoxy groups -OCH3 is 1. The molecule has 7 rings (SSSR count). The van der Waals surface area contributed by atoms with E-state index < -0.39 is 29.7 Å². The lowest BCUT2D eigenvalue weighted by atomic mass is 10.1. The summed E-state index contributed by atoms with van der Waals surface area (Å²) in [6.07, 6.45) is 1.67. The molecule has 48 heavy (non-hydrogen) atoms. The minimum Gasteiger partial charge on any atom is -0.496 e. The van der Waals surface area contributed by atoms with Crippen molar-refractivity contribution in [1.82, 2.24) is 24.3 Å². The van der Waals surface area contributed by atoms with E-state index in [2.05, 4.69) is 15.3 Å². The van der Waals surface area contributed by atoms with E-state index in [9.17, 15) is 27.6 Å². The normalized spacial score (nSPS) is 24.2. The van der Waals surface area contributed by atoms with E-state index in [1.807, 2.05) is 13.8 Å². The van der Waals surface area contributed by atoms with E-state index >= 15 is 0 Å². The number of fused-ring (bicyclic) bond motifs is 2. The molecule has 13 nitrogen and oxygen atoms in total. The van der Waals surface area contributed by atoms with Crippen LogP contribution in [-0.4, -0.2) is 73.9 Å². The Labute approximate surface area is 271 Å². The Bertz CT molecular complexity index is 1920. The van der Waals surface area contributed by atoms with Crippen LogP contribution in [0.3, 0.4) is 0 Å². The molecule has 0 radical (unpaired) electrons. The van der Waals surface area contributed by atoms with Crippen molar-refractivity contribution in [3.8, 4) is 17.0 Å². The second-order valence-corrected chi connectivity index (χ2v) is 12.4. The lowest BCUT2D eigenvalue weighted by Gasteiger charge is -2.34. The van der Waals surface area contributed by atoms with Gasteiger partial charge in [0.25, 0.3) is 5.91 Å². The van der Waals surface area contributed by atoms with E-state index in [4.69, 9.17) is 25.3 Å². The average molecular weight is 668 g/mol. The third kappa shape index (κ3) is 5.76. The Morgan fingerprint density at radius 1 is 1.19 bits per heavy atom. The van der Waals surface area contributed by atoms with Gasteiger partial charge in [-0.15, -0.1) is 0 Å². The van der Waals surface area contributed by atoms with Gasteiger partial charge in [0.05, 0.1) is 37.3 Å². The number of ether oxygens (including phenoxy) is 2. The summed E-state index contributed by atoms with van der Waals surface area (Å²) in [4.78, 5) is 49.2. The molecule has 1 aliphatic heterocycles. The van der Waals surface area contributed by atoms with E-state index in [0.29, 0.717) is 29.2 Å². The first kappa shape index (κ1) is 32.7. The maximum Gasteiger partial charge on any atom is 0.416 e. The number of nitrogens with zero attached hydrogens (tertiary/aromatic N) is 5. The molecule has 1 aromatic carbocycles. The number of anilines is 2. The van der Waals surface area contributed by atoms with Gasteiger partial charge in [-0.3, -0.25) is 18.8 Å². The van der Waals surface area contributed by atoms with E-state index in [1.54, 1.807) is 21.6 Å². The van der Waals surface area contributed by atoms with Gasteiger partial charge in [-0.05, 0) is 55.5 Å². The summed E-state index contributed by atoms with van der Waals surface area (Å²) in [7, 11) is 1.41. The minimum atomic E-state index is -4.58. The van der Waals surface area contributed by atoms with Crippen molar-refractivity contribution < 1.29 is 42.1 Å². The van der Waals surface area contributed by atoms with Crippen molar-refractivity contribution in [2.75, 3.05) is 31.3 Å². The third-order valence-electron chi connectivity index (χ3n) is 9.26. The number of hydrogen-bond donors (Lipinski definition) is 3. The summed E-state index contributed by atoms with van der Waals surface area (Å²) in [6, 6.07) is 5.97. The zero-order valence-electron chi connectivity index (χ0n) is 26.1. The Morgan fingerprint density at radius 2 is 1.92 bits per heavy atom. The number of nitrogens with one attached hydrogen (secondary N) is 1. The number of halogens is 3. The molecule has 0 spiro atoms. The topological polar surface area (TPSA) is 174 Å². The standard InChI is InChI=1S/C26H24F3N7O4.C6H8O2/c1-14-12-40-19(11-35(14)13-37)24-34-21(22-23(30)32-7-8-36(22)24)17-4-3-15(9-18(17)39-2)25(38)33-20-10-16(5-6-31-20)26(27,28)29;1-5-2-6(5,3-5)4(7)8/h3-10,13-14,19H,11-12H2,1-2H3,(H2,30,32)(H,31,33,38);2-3H2,1H3,(H,7,8). The lowest BCUT2D eigenvalue weighted by Crippen LogP contribution is -2.44. The number of amides is 2. The molecule has 4 aromatic rings. The van der Waals surface area contributed by atoms with Crippen LogP contribution >= 0.6 is 0 Å². The number of carbonyl (C=O) groups is 3. The van der Waals surface area contributed by atoms with Crippen molar-refractivity contribution in [1.29, 1.82) is 0 Å². The smallest absolute Gasteiger partial charge is 0.416 e. The molecule has 252 valence electrons. The summed E-state index contributed by atoms with van der Waals surface area (Å²) in [5.74, 6) is -0.582. The molecule has 1 saturated heterocycles. The molecule has 4 N–H and O–H groups in total. The quantitative estimate of drug-likeness (QED) is 0.239. The Balaban J connectivity index is 0.000000433. The van der Waals surface area contributed by atoms with Crippen LogP contribution in [0.4, 0.5) is 24.8 Å². The number of rotatable bonds is 7. The highest BCUT2D eigenvalue weighted by atomic mass is 19.4. The SMILES string of the molecule is CC12CC1(C(=O)O)C2.COc1cc(C(=O)Nc2cc(C(F)(F)F)ccn2)ccc1-c1nc(C2CN(C=O)C(C)CO2)n2ccnc(N)c12. The Morgan fingerprint density at radius 3 is 2.52 bits per heavy atom. The van der Waals surface area contributed by atoms with Crippen LogP contribution in [0.1, 0.15) is 54.5 Å². The highest BCUT2D eigenvalue weighted by Crippen LogP contribution is 2.85. The van der Waals surface area contributed by atoms with Crippen LogP contribution in [0.2, 0.25) is 0 Å². The number of carboxylic acids is 1. The predicted octanol–water partition coefficient (Wildman–Crippen LogP) is 4.44. The molecule has 16 heteroatoms. The Kier molecular flexibility index (Phi) is 8.01. The molecule has 3 aromatic heterocycles. The molecule has 2 unspecified atom stereocenters. The van der Waals surface area contributed by atoms with E-state index in [1.165, 1.54) is 25.4 Å². The number of pyridine rings is 1. The number of alkyl halides is 3. The fraction of sp³-hybridized carbons (Fsp3) is 0.375. The molecule has 2 saturated carbocycles. The number of carbonyl (C=O) groups excluding carboxylic acids is 2. The largest absolute Gasteiger partial charge is 0.496 e. The van der Waals surface area contributed by atoms with E-state index in [-0.39, 0.29) is 46.4 Å². The van der Waals surface area contributed by atoms with Crippen LogP contribution in [-0.2, 0) is 20.5 Å². The highest BCUT2D eigenvalue weighted by molar-refractivity contribution is 6.04. The number of nitrogen functional groups attached to an aromatic ring is 1. The second-order valence-electron chi connectivity index (χ2n) is 12.4. The molecule has 2 aliphatic carbocycles. The summed E-state index contributed by atoms with van der Waals surface area (Å²) in [6.45, 7) is 4.53. The summed E-state index contributed by atoms with van der Waals surface area (Å²) >= 11 is 0. The number of hydrogen-bond acceptors (Lipinski definition) is 9. The number of aromatic nitrogens is 4. The van der Waals surface area contributed by atoms with E-state index in [0.717, 1.165) is 37.6 Å². The molecular weight excluding hydrogens is 635 g/mol. The van der Waals surface area contributed by atoms with Gasteiger partial charge in [0.1, 0.15) is 40.5 Å². The summed E-state index contributed by atoms with van der Waals surface area (Å²) in [5.41, 5.74) is 6.78. The Hall–Kier alpha value is -5.25. The average Bonchev–Trinajstić information content (AvgIpc) is 3.79. The highest BCUT2D eigenvalue weighted by Gasteiger charge is 2.84. The van der Waals surface area contributed by atoms with Gasteiger partial charge in [0, 0.05) is 29.7 Å². The number of aliphatic carboxylic acids is 1. The summed E-state index contributed by atoms with van der Waals surface area (Å²) in [5, 5.41) is 10.9. The number of benzene rings is 1. The van der Waals surface area contributed by atoms with Crippen molar-refractivity contribution in [2.45, 2.75) is 45.0 Å². The number of morpholine rings is 1. The molecule has 4 heterocycles. The maximum absolute atomic E-state index is 13.0. The minimum absolute atomic E-state index is 0.0869. The lowest BCUT2D eigenvalue weighted by molar-refractivity contribution is -0.141. The fourth-order valence-corrected chi connectivity index (χ4v) is 6.07. The van der Waals surface area contributed by atoms with Crippen LogP contribution in [0.5, 0.6) is 5.75 Å². The number of nitrogens with two attached hydrogens (primary N) is 1. The number of imidazole rings is 1. The van der Waals surface area contributed by atoms with Crippen LogP contribution in [0, 0.1) is 10.8 Å². The first-order valence-electron chi connectivity index (χ1n) is 14.9. The van der Waals surface area contributed by atoms with Crippen molar-refractivity contribution in [3.63, 3.8) is 0 Å². The second kappa shape index (κ2) is 11.8. The zero-order valence-corrected chi connectivity index (χ0v) is 26.1. The maximum atomic E-state index is 13.0. The summed E-state index contributed by atoms with van der Waals surface area (Å²) < 4.78 is 52.4. The first-order chi connectivity index (χ1) is 22.7. The molecule has 2 atom stereocenters. The third-order valence-corrected chi connectivity index (χ3v) is 9.26. The number of carboxylic acid groups (broad SMARTS) is 1. The molecule has 0 bridgehead atoms. The van der Waals surface area contributed by atoms with Crippen molar-refractivity contribution in [3.05, 3.63) is 65.9 Å². The molecule has 2 amide bonds. The monoisotopic (exact) mass is 667 g/mol. The van der Waals surface area contributed by atoms with Gasteiger partial charge in [-0.2, -0.15) is 13.2 Å². The molecule has 3 fully saturated rings. The van der Waals surface area contributed by atoms with Gasteiger partial charge < -0.3 is 30.5 Å². The van der Waals surface area contributed by atoms with Crippen molar-refractivity contribution >= 4 is 35.4 Å². The van der Waals surface area contributed by atoms with Crippen LogP contribution in [0.25, 0.3) is 16.8 Å². The zero-order chi connectivity index (χ0) is 34.6. The van der Waals surface area contributed by atoms with Crippen LogP contribution < -0.4 is 15.8 Å². The van der Waals surface area contributed by atoms with Gasteiger partial charge in [0.2, 0.25) is 6.41 Å². The van der Waals surface area contributed by atoms with Gasteiger partial charge in [0.15, 0.2) is 0 Å². The predicted molar refractivity (Wildman–Crippen MR) is 165 cm³/mol. The first-order valence-corrected chi connectivity index (χ1v) is 14.9. The van der Waals surface area contributed by atoms with Crippen LogP contribution in [0.15, 0.2) is 48.9 Å². The molecule has 3 aliphatic rings. The van der Waals surface area contributed by atoms with Gasteiger partial charge >= 0.3 is 12.1 Å². The van der Waals surface area contributed by atoms with Crippen molar-refractivity contribution in [2.24, 2.45) is 10.8 Å². The van der Waals surface area contributed by atoms with Gasteiger partial charge in [-0.25, -0.2) is 15.0 Å². The fourth-order valence-electron chi connectivity index (χ4n) is 6.07. The van der Waals surface area contributed by atoms with Gasteiger partial charge in [-0.1, -0.05) is 6.92 Å². The molecular formula is C32H32F3N7O6.